The molecule has 2 aromatic rings. The van der Waals surface area contributed by atoms with Crippen molar-refractivity contribution in [2.45, 2.75) is 38.7 Å². The molecule has 0 fully saturated rings. The third kappa shape index (κ3) is 3.18. The molecule has 1 aliphatic heterocycles. The number of pyridine rings is 1. The van der Waals surface area contributed by atoms with Gasteiger partial charge in [0.05, 0.1) is 6.54 Å². The molecule has 1 aromatic carbocycles. The molecule has 21 heavy (non-hydrogen) atoms. The summed E-state index contributed by atoms with van der Waals surface area (Å²) < 4.78 is 5.92. The number of anilines is 1. The summed E-state index contributed by atoms with van der Waals surface area (Å²) in [6.07, 6.45) is 3.10. The standard InChI is InChI=1S/C18H22N2O/c1-18(2,3)14-8-9-17(19-11-14)20-12-15-10-13-6-4-5-7-16(13)21-15/h4-9,11,15H,10,12H2,1-3H3,(H,19,20). The van der Waals surface area contributed by atoms with Gasteiger partial charge < -0.3 is 10.1 Å². The lowest BCUT2D eigenvalue weighted by Gasteiger charge is -2.19. The highest BCUT2D eigenvalue weighted by Crippen LogP contribution is 2.28. The van der Waals surface area contributed by atoms with E-state index >= 15 is 0 Å². The van der Waals surface area contributed by atoms with Crippen molar-refractivity contribution in [3.63, 3.8) is 0 Å². The van der Waals surface area contributed by atoms with Crippen LogP contribution >= 0.6 is 0 Å². The van der Waals surface area contributed by atoms with E-state index in [2.05, 4.69) is 49.3 Å². The van der Waals surface area contributed by atoms with Gasteiger partial charge in [0.15, 0.2) is 0 Å². The number of aromatic nitrogens is 1. The van der Waals surface area contributed by atoms with Crippen LogP contribution in [-0.4, -0.2) is 17.6 Å². The molecule has 1 unspecified atom stereocenters. The normalized spacial score (nSPS) is 17.2. The molecule has 0 aliphatic carbocycles. The number of para-hydroxylation sites is 1. The molecule has 3 rings (SSSR count). The minimum absolute atomic E-state index is 0.141. The van der Waals surface area contributed by atoms with Crippen LogP contribution in [-0.2, 0) is 11.8 Å². The van der Waals surface area contributed by atoms with Crippen LogP contribution in [0.25, 0.3) is 0 Å². The van der Waals surface area contributed by atoms with Crippen molar-refractivity contribution in [2.24, 2.45) is 0 Å². The van der Waals surface area contributed by atoms with Crippen molar-refractivity contribution >= 4 is 5.82 Å². The first-order valence-electron chi connectivity index (χ1n) is 7.47. The fourth-order valence-electron chi connectivity index (χ4n) is 2.53. The van der Waals surface area contributed by atoms with Gasteiger partial charge in [0, 0.05) is 12.6 Å². The number of ether oxygens (including phenoxy) is 1. The molecular weight excluding hydrogens is 260 g/mol. The lowest BCUT2D eigenvalue weighted by Crippen LogP contribution is -2.24. The summed E-state index contributed by atoms with van der Waals surface area (Å²) in [7, 11) is 0. The highest BCUT2D eigenvalue weighted by molar-refractivity contribution is 5.40. The smallest absolute Gasteiger partial charge is 0.126 e. The molecule has 2 heterocycles. The Morgan fingerprint density at radius 1 is 1.19 bits per heavy atom. The topological polar surface area (TPSA) is 34.1 Å². The highest BCUT2D eigenvalue weighted by Gasteiger charge is 2.22. The molecule has 0 amide bonds. The van der Waals surface area contributed by atoms with Gasteiger partial charge in [0.2, 0.25) is 0 Å². The van der Waals surface area contributed by atoms with Gasteiger partial charge in [-0.25, -0.2) is 4.98 Å². The van der Waals surface area contributed by atoms with E-state index in [9.17, 15) is 0 Å². The Kier molecular flexibility index (Phi) is 3.58. The van der Waals surface area contributed by atoms with E-state index in [0.717, 1.165) is 24.5 Å². The average molecular weight is 282 g/mol. The van der Waals surface area contributed by atoms with E-state index < -0.39 is 0 Å². The number of hydrogen-bond acceptors (Lipinski definition) is 3. The summed E-state index contributed by atoms with van der Waals surface area (Å²) in [5, 5.41) is 3.36. The minimum Gasteiger partial charge on any atom is -0.488 e. The average Bonchev–Trinajstić information content (AvgIpc) is 2.87. The summed E-state index contributed by atoms with van der Waals surface area (Å²) in [4.78, 5) is 4.49. The van der Waals surface area contributed by atoms with E-state index in [1.54, 1.807) is 0 Å². The number of benzene rings is 1. The fourth-order valence-corrected chi connectivity index (χ4v) is 2.53. The van der Waals surface area contributed by atoms with Gasteiger partial charge in [-0.2, -0.15) is 0 Å². The number of hydrogen-bond donors (Lipinski definition) is 1. The zero-order valence-corrected chi connectivity index (χ0v) is 12.9. The summed E-state index contributed by atoms with van der Waals surface area (Å²) in [5.41, 5.74) is 2.68. The largest absolute Gasteiger partial charge is 0.488 e. The molecule has 1 aromatic heterocycles. The van der Waals surface area contributed by atoms with Gasteiger partial charge in [-0.3, -0.25) is 0 Å². The minimum atomic E-state index is 0.141. The summed E-state index contributed by atoms with van der Waals surface area (Å²) in [6.45, 7) is 7.36. The molecule has 1 atom stereocenters. The van der Waals surface area contributed by atoms with Crippen molar-refractivity contribution in [2.75, 3.05) is 11.9 Å². The third-order valence-electron chi connectivity index (χ3n) is 3.85. The van der Waals surface area contributed by atoms with Crippen molar-refractivity contribution in [1.29, 1.82) is 0 Å². The van der Waals surface area contributed by atoms with Crippen LogP contribution in [0.5, 0.6) is 5.75 Å². The Bertz CT molecular complexity index is 589. The SMILES string of the molecule is CC(C)(C)c1ccc(NCC2Cc3ccccc3O2)nc1. The molecule has 0 radical (unpaired) electrons. The first-order valence-corrected chi connectivity index (χ1v) is 7.47. The van der Waals surface area contributed by atoms with Gasteiger partial charge in [-0.15, -0.1) is 0 Å². The van der Waals surface area contributed by atoms with Crippen LogP contribution in [0.4, 0.5) is 5.82 Å². The zero-order valence-electron chi connectivity index (χ0n) is 12.9. The quantitative estimate of drug-likeness (QED) is 0.930. The first-order chi connectivity index (χ1) is 10.0. The number of rotatable bonds is 3. The van der Waals surface area contributed by atoms with Gasteiger partial charge in [0.25, 0.3) is 0 Å². The highest BCUT2D eigenvalue weighted by atomic mass is 16.5. The Labute approximate surface area is 126 Å². The van der Waals surface area contributed by atoms with Crippen molar-refractivity contribution in [1.82, 2.24) is 4.98 Å². The molecule has 0 bridgehead atoms. The molecule has 0 saturated heterocycles. The van der Waals surface area contributed by atoms with Gasteiger partial charge >= 0.3 is 0 Å². The Balaban J connectivity index is 1.57. The third-order valence-corrected chi connectivity index (χ3v) is 3.85. The van der Waals surface area contributed by atoms with Gasteiger partial charge in [0.1, 0.15) is 17.7 Å². The predicted molar refractivity (Wildman–Crippen MR) is 86.0 cm³/mol. The predicted octanol–water partition coefficient (Wildman–Crippen LogP) is 3.79. The monoisotopic (exact) mass is 282 g/mol. The van der Waals surface area contributed by atoms with E-state index in [1.807, 2.05) is 24.4 Å². The van der Waals surface area contributed by atoms with E-state index in [1.165, 1.54) is 11.1 Å². The van der Waals surface area contributed by atoms with E-state index in [4.69, 9.17) is 4.74 Å². The van der Waals surface area contributed by atoms with Crippen LogP contribution in [0.3, 0.4) is 0 Å². The number of nitrogens with one attached hydrogen (secondary N) is 1. The van der Waals surface area contributed by atoms with Crippen molar-refractivity contribution in [3.8, 4) is 5.75 Å². The van der Waals surface area contributed by atoms with Crippen LogP contribution < -0.4 is 10.1 Å². The van der Waals surface area contributed by atoms with Crippen LogP contribution in [0.1, 0.15) is 31.9 Å². The second kappa shape index (κ2) is 5.40. The Morgan fingerprint density at radius 2 is 2.00 bits per heavy atom. The second-order valence-corrected chi connectivity index (χ2v) is 6.61. The lowest BCUT2D eigenvalue weighted by atomic mass is 9.88. The van der Waals surface area contributed by atoms with Gasteiger partial charge in [-0.1, -0.05) is 45.0 Å². The summed E-state index contributed by atoms with van der Waals surface area (Å²) in [5.74, 6) is 1.92. The van der Waals surface area contributed by atoms with E-state index in [-0.39, 0.29) is 11.5 Å². The first kappa shape index (κ1) is 13.9. The number of nitrogens with zero attached hydrogens (tertiary/aromatic N) is 1. The molecule has 0 saturated carbocycles. The molecule has 1 aliphatic rings. The molecule has 0 spiro atoms. The van der Waals surface area contributed by atoms with Crippen molar-refractivity contribution in [3.05, 3.63) is 53.7 Å². The summed E-state index contributed by atoms with van der Waals surface area (Å²) in [6, 6.07) is 12.4. The fraction of sp³-hybridized carbons (Fsp3) is 0.389. The van der Waals surface area contributed by atoms with Crippen LogP contribution in [0, 0.1) is 0 Å². The molecular formula is C18H22N2O. The second-order valence-electron chi connectivity index (χ2n) is 6.61. The summed E-state index contributed by atoms with van der Waals surface area (Å²) >= 11 is 0. The Morgan fingerprint density at radius 3 is 2.67 bits per heavy atom. The molecule has 3 heteroatoms. The van der Waals surface area contributed by atoms with Crippen LogP contribution in [0.15, 0.2) is 42.6 Å². The van der Waals surface area contributed by atoms with Crippen molar-refractivity contribution < 1.29 is 4.74 Å². The maximum Gasteiger partial charge on any atom is 0.126 e. The van der Waals surface area contributed by atoms with E-state index in [0.29, 0.717) is 0 Å². The maximum absolute atomic E-state index is 5.92. The zero-order chi connectivity index (χ0) is 14.9. The number of fused-ring (bicyclic) bond motifs is 1. The molecule has 3 nitrogen and oxygen atoms in total. The molecule has 110 valence electrons. The lowest BCUT2D eigenvalue weighted by molar-refractivity contribution is 0.246. The maximum atomic E-state index is 5.92. The van der Waals surface area contributed by atoms with Crippen LogP contribution in [0.2, 0.25) is 0 Å². The Hall–Kier alpha value is -2.03. The molecule has 1 N–H and O–H groups in total. The van der Waals surface area contributed by atoms with Gasteiger partial charge in [-0.05, 0) is 28.7 Å².